The minimum Gasteiger partial charge on any atom is -0.481 e. The quantitative estimate of drug-likeness (QED) is 0.572. The van der Waals surface area contributed by atoms with Crippen molar-refractivity contribution < 1.29 is 17.9 Å². The van der Waals surface area contributed by atoms with Gasteiger partial charge in [-0.05, 0) is 61.4 Å². The van der Waals surface area contributed by atoms with E-state index < -0.39 is 16.1 Å². The van der Waals surface area contributed by atoms with Gasteiger partial charge < -0.3 is 10.1 Å². The highest BCUT2D eigenvalue weighted by atomic mass is 32.2. The molecule has 0 radical (unpaired) electrons. The minimum absolute atomic E-state index is 0.0205. The lowest BCUT2D eigenvalue weighted by atomic mass is 10.2. The zero-order valence-electron chi connectivity index (χ0n) is 16.6. The van der Waals surface area contributed by atoms with E-state index in [-0.39, 0.29) is 16.8 Å². The van der Waals surface area contributed by atoms with Gasteiger partial charge in [0, 0.05) is 18.1 Å². The Labute approximate surface area is 175 Å². The van der Waals surface area contributed by atoms with Crippen LogP contribution in [0, 0.1) is 0 Å². The Morgan fingerprint density at radius 3 is 2.27 bits per heavy atom. The molecule has 0 bridgehead atoms. The summed E-state index contributed by atoms with van der Waals surface area (Å²) in [5, 5.41) is 2.71. The van der Waals surface area contributed by atoms with Crippen LogP contribution in [0.4, 0.5) is 11.6 Å². The number of carbonyl (C=O) groups excluding carboxylic acids is 1. The highest BCUT2D eigenvalue weighted by molar-refractivity contribution is 7.92. The van der Waals surface area contributed by atoms with Gasteiger partial charge in [0.2, 0.25) is 5.95 Å². The Morgan fingerprint density at radius 1 is 1.03 bits per heavy atom. The fraction of sp³-hybridized carbons (Fsp3) is 0.190. The summed E-state index contributed by atoms with van der Waals surface area (Å²) in [5.74, 6) is 0.235. The maximum atomic E-state index is 12.4. The average Bonchev–Trinajstić information content (AvgIpc) is 2.75. The third kappa shape index (κ3) is 5.54. The molecule has 156 valence electrons. The van der Waals surface area contributed by atoms with Gasteiger partial charge in [0.1, 0.15) is 5.75 Å². The van der Waals surface area contributed by atoms with Crippen molar-refractivity contribution in [3.05, 3.63) is 72.6 Å². The number of hydrogen-bond donors (Lipinski definition) is 2. The van der Waals surface area contributed by atoms with Crippen molar-refractivity contribution >= 4 is 27.6 Å². The van der Waals surface area contributed by atoms with Crippen LogP contribution >= 0.6 is 0 Å². The lowest BCUT2D eigenvalue weighted by molar-refractivity contribution is -0.122. The van der Waals surface area contributed by atoms with Crippen LogP contribution in [-0.4, -0.2) is 30.4 Å². The molecule has 2 N–H and O–H groups in total. The maximum Gasteiger partial charge on any atom is 0.265 e. The number of ether oxygens (including phenoxy) is 1. The van der Waals surface area contributed by atoms with Gasteiger partial charge in [-0.25, -0.2) is 23.1 Å². The van der Waals surface area contributed by atoms with Gasteiger partial charge in [0.15, 0.2) is 6.10 Å². The number of nitrogens with zero attached hydrogens (tertiary/aromatic N) is 2. The first kappa shape index (κ1) is 21.3. The Balaban J connectivity index is 1.60. The highest BCUT2D eigenvalue weighted by Gasteiger charge is 2.17. The molecule has 30 heavy (non-hydrogen) atoms. The fourth-order valence-electron chi connectivity index (χ4n) is 2.55. The number of nitrogens with one attached hydrogen (secondary N) is 2. The molecule has 0 aliphatic rings. The predicted molar refractivity (Wildman–Crippen MR) is 114 cm³/mol. The zero-order chi connectivity index (χ0) is 21.6. The van der Waals surface area contributed by atoms with E-state index in [0.717, 1.165) is 6.42 Å². The molecule has 1 aromatic heterocycles. The van der Waals surface area contributed by atoms with Crippen molar-refractivity contribution in [1.82, 2.24) is 9.97 Å². The number of aromatic nitrogens is 2. The number of aryl methyl sites for hydroxylation is 1. The van der Waals surface area contributed by atoms with Gasteiger partial charge in [-0.15, -0.1) is 0 Å². The first-order valence-electron chi connectivity index (χ1n) is 9.34. The summed E-state index contributed by atoms with van der Waals surface area (Å²) >= 11 is 0. The molecule has 1 unspecified atom stereocenters. The molecule has 0 aliphatic heterocycles. The molecular formula is C21H22N4O4S. The number of amides is 1. The van der Waals surface area contributed by atoms with Crippen LogP contribution in [0.25, 0.3) is 0 Å². The molecule has 1 atom stereocenters. The number of sulfonamides is 1. The molecule has 3 aromatic rings. The summed E-state index contributed by atoms with van der Waals surface area (Å²) in [6, 6.07) is 14.9. The second kappa shape index (κ2) is 9.36. The molecule has 0 saturated carbocycles. The second-order valence-corrected chi connectivity index (χ2v) is 8.13. The van der Waals surface area contributed by atoms with Crippen LogP contribution in [0.2, 0.25) is 0 Å². The standard InChI is InChI=1S/C21H22N4O4S/c1-3-16-5-9-18(10-6-16)29-15(2)20(26)24-17-7-11-19(12-8-17)30(27,28)25-21-22-13-4-14-23-21/h4-15H,3H2,1-2H3,(H,24,26)(H,22,23,25). The van der Waals surface area contributed by atoms with Gasteiger partial charge in [-0.3, -0.25) is 4.79 Å². The number of anilines is 2. The largest absolute Gasteiger partial charge is 0.481 e. The van der Waals surface area contributed by atoms with Crippen molar-refractivity contribution in [3.8, 4) is 5.75 Å². The van der Waals surface area contributed by atoms with E-state index in [1.54, 1.807) is 13.0 Å². The molecule has 0 saturated heterocycles. The topological polar surface area (TPSA) is 110 Å². The van der Waals surface area contributed by atoms with E-state index in [4.69, 9.17) is 4.74 Å². The van der Waals surface area contributed by atoms with Crippen molar-refractivity contribution in [2.45, 2.75) is 31.3 Å². The van der Waals surface area contributed by atoms with E-state index in [0.29, 0.717) is 11.4 Å². The van der Waals surface area contributed by atoms with Gasteiger partial charge in [-0.1, -0.05) is 19.1 Å². The molecule has 0 aliphatic carbocycles. The maximum absolute atomic E-state index is 12.4. The summed E-state index contributed by atoms with van der Waals surface area (Å²) in [6.07, 6.45) is 3.07. The van der Waals surface area contributed by atoms with Gasteiger partial charge in [0.25, 0.3) is 15.9 Å². The fourth-order valence-corrected chi connectivity index (χ4v) is 3.51. The molecule has 8 nitrogen and oxygen atoms in total. The normalized spacial score (nSPS) is 12.1. The van der Waals surface area contributed by atoms with Crippen LogP contribution < -0.4 is 14.8 Å². The molecule has 0 fully saturated rings. The predicted octanol–water partition coefficient (Wildman–Crippen LogP) is 3.25. The smallest absolute Gasteiger partial charge is 0.265 e. The number of hydrogen-bond acceptors (Lipinski definition) is 6. The highest BCUT2D eigenvalue weighted by Crippen LogP contribution is 2.18. The first-order chi connectivity index (χ1) is 14.4. The van der Waals surface area contributed by atoms with Crippen molar-refractivity contribution in [2.24, 2.45) is 0 Å². The van der Waals surface area contributed by atoms with Gasteiger partial charge in [0.05, 0.1) is 4.90 Å². The Morgan fingerprint density at radius 2 is 1.67 bits per heavy atom. The van der Waals surface area contributed by atoms with E-state index >= 15 is 0 Å². The summed E-state index contributed by atoms with van der Waals surface area (Å²) < 4.78 is 32.7. The van der Waals surface area contributed by atoms with Crippen LogP contribution in [0.15, 0.2) is 71.9 Å². The van der Waals surface area contributed by atoms with Crippen LogP contribution in [-0.2, 0) is 21.2 Å². The molecule has 1 amide bonds. The Kier molecular flexibility index (Phi) is 6.63. The summed E-state index contributed by atoms with van der Waals surface area (Å²) in [4.78, 5) is 20.1. The molecule has 2 aromatic carbocycles. The summed E-state index contributed by atoms with van der Waals surface area (Å²) in [6.45, 7) is 3.71. The number of rotatable bonds is 8. The summed E-state index contributed by atoms with van der Waals surface area (Å²) in [7, 11) is -3.83. The van der Waals surface area contributed by atoms with E-state index in [1.807, 2.05) is 24.3 Å². The Bertz CT molecular complexity index is 1090. The minimum atomic E-state index is -3.83. The molecule has 1 heterocycles. The van der Waals surface area contributed by atoms with Crippen molar-refractivity contribution in [1.29, 1.82) is 0 Å². The lowest BCUT2D eigenvalue weighted by Crippen LogP contribution is -2.30. The monoisotopic (exact) mass is 426 g/mol. The van der Waals surface area contributed by atoms with Crippen molar-refractivity contribution in [3.63, 3.8) is 0 Å². The Hall–Kier alpha value is -3.46. The van der Waals surface area contributed by atoms with E-state index in [2.05, 4.69) is 26.9 Å². The number of benzene rings is 2. The van der Waals surface area contributed by atoms with Gasteiger partial charge in [-0.2, -0.15) is 0 Å². The zero-order valence-corrected chi connectivity index (χ0v) is 17.4. The summed E-state index contributed by atoms with van der Waals surface area (Å²) in [5.41, 5.74) is 1.63. The third-order valence-corrected chi connectivity index (χ3v) is 5.58. The van der Waals surface area contributed by atoms with E-state index in [9.17, 15) is 13.2 Å². The third-order valence-electron chi connectivity index (χ3n) is 4.24. The van der Waals surface area contributed by atoms with Crippen LogP contribution in [0.1, 0.15) is 19.4 Å². The van der Waals surface area contributed by atoms with Gasteiger partial charge >= 0.3 is 0 Å². The SMILES string of the molecule is CCc1ccc(OC(C)C(=O)Nc2ccc(S(=O)(=O)Nc3ncccn3)cc2)cc1. The average molecular weight is 426 g/mol. The molecule has 0 spiro atoms. The first-order valence-corrected chi connectivity index (χ1v) is 10.8. The lowest BCUT2D eigenvalue weighted by Gasteiger charge is -2.15. The molecule has 3 rings (SSSR count). The van der Waals surface area contributed by atoms with E-state index in [1.165, 1.54) is 42.2 Å². The molecular weight excluding hydrogens is 404 g/mol. The second-order valence-electron chi connectivity index (χ2n) is 6.45. The van der Waals surface area contributed by atoms with Crippen LogP contribution in [0.3, 0.4) is 0 Å². The van der Waals surface area contributed by atoms with Crippen molar-refractivity contribution in [2.75, 3.05) is 10.0 Å². The number of carbonyl (C=O) groups is 1. The van der Waals surface area contributed by atoms with Crippen LogP contribution in [0.5, 0.6) is 5.75 Å². The molecule has 9 heteroatoms.